The molecule has 0 unspecified atom stereocenters. The number of nitrogens with zero attached hydrogens (tertiary/aromatic N) is 6. The number of amides is 1. The summed E-state index contributed by atoms with van der Waals surface area (Å²) in [4.78, 5) is 32.5. The standard InChI is InChI=1S/C27H29N9O4S2/c28-16-3-1-2-4-17(16)31-27-32-19(22(25(29)38)26-33-30-13-36(26)27)10-14-9-18(34-40-14)15-12-41-24-20(37)11-21(42-23(15)24)35-5-7-39-8-6-35/h9,11-13,16-17H,1-8,10,28H2,(H2,29,38)(H,31,32)/t16-,17+/m1/s1. The molecule has 2 aliphatic rings. The number of ether oxygens (including phenoxy) is 1. The van der Waals surface area contributed by atoms with Crippen LogP contribution >= 0.6 is 22.7 Å². The molecule has 1 saturated heterocycles. The van der Waals surface area contributed by atoms with Crippen LogP contribution in [0.15, 0.2) is 33.2 Å². The van der Waals surface area contributed by atoms with Crippen LogP contribution in [0.2, 0.25) is 0 Å². The van der Waals surface area contributed by atoms with Gasteiger partial charge in [0.05, 0.1) is 39.7 Å². The summed E-state index contributed by atoms with van der Waals surface area (Å²) >= 11 is 2.96. The number of morpholine rings is 1. The lowest BCUT2D eigenvalue weighted by molar-refractivity contribution is 0.1000. The van der Waals surface area contributed by atoms with Crippen molar-refractivity contribution in [2.45, 2.75) is 44.2 Å². The van der Waals surface area contributed by atoms with E-state index in [1.165, 1.54) is 17.7 Å². The Morgan fingerprint density at radius 2 is 2.00 bits per heavy atom. The molecule has 0 radical (unpaired) electrons. The summed E-state index contributed by atoms with van der Waals surface area (Å²) < 4.78 is 14.4. The molecule has 0 spiro atoms. The maximum absolute atomic E-state index is 13.0. The largest absolute Gasteiger partial charge is 0.378 e. The van der Waals surface area contributed by atoms with E-state index in [4.69, 9.17) is 25.7 Å². The average molecular weight is 608 g/mol. The van der Waals surface area contributed by atoms with Crippen molar-refractivity contribution in [1.29, 1.82) is 0 Å². The van der Waals surface area contributed by atoms with Gasteiger partial charge in [-0.2, -0.15) is 0 Å². The van der Waals surface area contributed by atoms with Gasteiger partial charge >= 0.3 is 0 Å². The van der Waals surface area contributed by atoms with Gasteiger partial charge in [-0.05, 0) is 12.8 Å². The molecular weight excluding hydrogens is 578 g/mol. The molecule has 1 amide bonds. The Kier molecular flexibility index (Phi) is 7.09. The molecule has 42 heavy (non-hydrogen) atoms. The van der Waals surface area contributed by atoms with Gasteiger partial charge in [-0.1, -0.05) is 18.0 Å². The fourth-order valence-corrected chi connectivity index (χ4v) is 8.01. The third-order valence-electron chi connectivity index (χ3n) is 7.84. The number of fused-ring (bicyclic) bond motifs is 2. The van der Waals surface area contributed by atoms with Crippen LogP contribution in [0.1, 0.15) is 47.5 Å². The normalized spacial score (nSPS) is 19.5. The molecule has 15 heteroatoms. The van der Waals surface area contributed by atoms with E-state index in [2.05, 4.69) is 25.6 Å². The highest BCUT2D eigenvalue weighted by molar-refractivity contribution is 7.28. The number of anilines is 2. The quantitative estimate of drug-likeness (QED) is 0.247. The number of nitrogens with two attached hydrogens (primary N) is 2. The van der Waals surface area contributed by atoms with Gasteiger partial charge in [-0.15, -0.1) is 32.9 Å². The smallest absolute Gasteiger partial charge is 0.254 e. The van der Waals surface area contributed by atoms with E-state index < -0.39 is 5.91 Å². The predicted octanol–water partition coefficient (Wildman–Crippen LogP) is 2.62. The monoisotopic (exact) mass is 607 g/mol. The lowest BCUT2D eigenvalue weighted by Crippen LogP contribution is -2.43. The van der Waals surface area contributed by atoms with Crippen molar-refractivity contribution in [3.63, 3.8) is 0 Å². The minimum atomic E-state index is -0.666. The van der Waals surface area contributed by atoms with E-state index in [0.29, 0.717) is 46.7 Å². The Bertz CT molecular complexity index is 1840. The van der Waals surface area contributed by atoms with Gasteiger partial charge in [0, 0.05) is 48.2 Å². The fourth-order valence-electron chi connectivity index (χ4n) is 5.65. The summed E-state index contributed by atoms with van der Waals surface area (Å²) in [7, 11) is 0. The third kappa shape index (κ3) is 4.91. The van der Waals surface area contributed by atoms with Crippen LogP contribution < -0.4 is 27.1 Å². The van der Waals surface area contributed by atoms with E-state index in [0.717, 1.165) is 54.0 Å². The molecule has 1 saturated carbocycles. The number of carbonyl (C=O) groups is 1. The Hall–Kier alpha value is -3.92. The lowest BCUT2D eigenvalue weighted by atomic mass is 9.91. The number of aromatic nitrogens is 5. The third-order valence-corrected chi connectivity index (χ3v) is 10.2. The van der Waals surface area contributed by atoms with Crippen LogP contribution in [0.25, 0.3) is 26.3 Å². The van der Waals surface area contributed by atoms with Crippen molar-refractivity contribution in [3.05, 3.63) is 51.1 Å². The summed E-state index contributed by atoms with van der Waals surface area (Å²) in [6.07, 6.45) is 5.66. The fraction of sp³-hybridized carbons (Fsp3) is 0.407. The number of nitrogens with one attached hydrogen (secondary N) is 1. The first kappa shape index (κ1) is 26.9. The molecule has 0 bridgehead atoms. The minimum Gasteiger partial charge on any atom is -0.378 e. The molecule has 2 atom stereocenters. The lowest BCUT2D eigenvalue weighted by Gasteiger charge is -2.30. The molecule has 13 nitrogen and oxygen atoms in total. The molecule has 218 valence electrons. The maximum atomic E-state index is 13.0. The second kappa shape index (κ2) is 11.1. The predicted molar refractivity (Wildman–Crippen MR) is 160 cm³/mol. The molecule has 5 N–H and O–H groups in total. The first-order valence-corrected chi connectivity index (χ1v) is 15.5. The topological polar surface area (TPSA) is 180 Å². The van der Waals surface area contributed by atoms with Crippen LogP contribution in [-0.2, 0) is 11.2 Å². The first-order valence-electron chi connectivity index (χ1n) is 13.8. The summed E-state index contributed by atoms with van der Waals surface area (Å²) in [5.41, 5.74) is 14.5. The van der Waals surface area contributed by atoms with Crippen LogP contribution in [0.5, 0.6) is 0 Å². The Balaban J connectivity index is 1.23. The molecule has 1 aliphatic carbocycles. The first-order chi connectivity index (χ1) is 20.5. The van der Waals surface area contributed by atoms with Gasteiger partial charge in [0.15, 0.2) is 11.1 Å². The summed E-state index contributed by atoms with van der Waals surface area (Å²) in [6, 6.07) is 3.53. The van der Waals surface area contributed by atoms with Crippen LogP contribution in [0, 0.1) is 0 Å². The number of rotatable bonds is 7. The van der Waals surface area contributed by atoms with Crippen molar-refractivity contribution in [2.75, 3.05) is 36.5 Å². The van der Waals surface area contributed by atoms with Crippen molar-refractivity contribution < 1.29 is 14.1 Å². The molecule has 5 aromatic heterocycles. The van der Waals surface area contributed by atoms with Gasteiger partial charge in [0.25, 0.3) is 5.91 Å². The van der Waals surface area contributed by atoms with Crippen molar-refractivity contribution in [1.82, 2.24) is 24.7 Å². The van der Waals surface area contributed by atoms with Crippen LogP contribution in [-0.4, -0.2) is 69.0 Å². The summed E-state index contributed by atoms with van der Waals surface area (Å²) in [5.74, 6) is 0.307. The molecule has 0 aromatic carbocycles. The van der Waals surface area contributed by atoms with E-state index >= 15 is 0 Å². The molecule has 2 fully saturated rings. The zero-order chi connectivity index (χ0) is 28.8. The highest BCUT2D eigenvalue weighted by Crippen LogP contribution is 2.38. The Morgan fingerprint density at radius 3 is 2.81 bits per heavy atom. The summed E-state index contributed by atoms with van der Waals surface area (Å²) in [5, 5.41) is 18.8. The van der Waals surface area contributed by atoms with E-state index in [1.807, 2.05) is 11.4 Å². The van der Waals surface area contributed by atoms with Crippen molar-refractivity contribution >= 4 is 54.6 Å². The molecule has 6 heterocycles. The minimum absolute atomic E-state index is 0.0110. The zero-order valence-electron chi connectivity index (χ0n) is 22.6. The highest BCUT2D eigenvalue weighted by atomic mass is 32.1. The van der Waals surface area contributed by atoms with E-state index in [1.54, 1.807) is 21.8 Å². The number of carbonyl (C=O) groups excluding carboxylic acids is 1. The second-order valence-corrected chi connectivity index (χ2v) is 12.5. The average Bonchev–Trinajstić information content (AvgIpc) is 3.75. The Labute approximate surface area is 247 Å². The van der Waals surface area contributed by atoms with E-state index in [9.17, 15) is 9.59 Å². The Morgan fingerprint density at radius 1 is 1.17 bits per heavy atom. The van der Waals surface area contributed by atoms with Gasteiger partial charge in [0.2, 0.25) is 5.95 Å². The second-order valence-electron chi connectivity index (χ2n) is 10.6. The maximum Gasteiger partial charge on any atom is 0.254 e. The molecule has 7 rings (SSSR count). The summed E-state index contributed by atoms with van der Waals surface area (Å²) in [6.45, 7) is 2.75. The zero-order valence-corrected chi connectivity index (χ0v) is 24.2. The number of primary amides is 1. The van der Waals surface area contributed by atoms with Gasteiger partial charge < -0.3 is 30.9 Å². The highest BCUT2D eigenvalue weighted by Gasteiger charge is 2.26. The number of hydrogen-bond acceptors (Lipinski definition) is 13. The SMILES string of the molecule is NC(=O)c1c(Cc2cc(-c3csc4c(=O)cc(N5CCOCC5)sc34)no2)nc(N[C@H]2CCCC[C@H]2N)n2cnnc12. The molecule has 1 aliphatic heterocycles. The van der Waals surface area contributed by atoms with Crippen LogP contribution in [0.3, 0.4) is 0 Å². The van der Waals surface area contributed by atoms with Crippen LogP contribution in [0.4, 0.5) is 10.9 Å². The number of hydrogen-bond donors (Lipinski definition) is 3. The molecular formula is C27H29N9O4S2. The van der Waals surface area contributed by atoms with Crippen molar-refractivity contribution in [3.8, 4) is 11.3 Å². The van der Waals surface area contributed by atoms with Crippen molar-refractivity contribution in [2.24, 2.45) is 11.5 Å². The van der Waals surface area contributed by atoms with Gasteiger partial charge in [-0.3, -0.25) is 14.0 Å². The van der Waals surface area contributed by atoms with Gasteiger partial charge in [0.1, 0.15) is 23.3 Å². The van der Waals surface area contributed by atoms with Gasteiger partial charge in [-0.25, -0.2) is 4.98 Å². The molecule has 5 aromatic rings. The number of thiophene rings is 1. The van der Waals surface area contributed by atoms with E-state index in [-0.39, 0.29) is 29.5 Å².